The van der Waals surface area contributed by atoms with Gasteiger partial charge in [0.15, 0.2) is 5.69 Å². The highest BCUT2D eigenvalue weighted by molar-refractivity contribution is 5.92. The zero-order chi connectivity index (χ0) is 14.4. The fourth-order valence-electron chi connectivity index (χ4n) is 2.61. The summed E-state index contributed by atoms with van der Waals surface area (Å²) in [5, 5.41) is 11.3. The van der Waals surface area contributed by atoms with E-state index in [2.05, 4.69) is 22.4 Å². The molecule has 0 atom stereocenters. The van der Waals surface area contributed by atoms with Crippen molar-refractivity contribution in [2.45, 2.75) is 51.5 Å². The summed E-state index contributed by atoms with van der Waals surface area (Å²) in [5.74, 6) is 0.704. The van der Waals surface area contributed by atoms with Gasteiger partial charge in [-0.05, 0) is 31.4 Å². The van der Waals surface area contributed by atoms with Crippen LogP contribution >= 0.6 is 0 Å². The average Bonchev–Trinajstić information content (AvgIpc) is 2.53. The monoisotopic (exact) mass is 276 g/mol. The molecule has 1 aliphatic rings. The molecule has 1 aliphatic carbocycles. The Kier molecular flexibility index (Phi) is 5.32. The molecule has 0 spiro atoms. The Morgan fingerprint density at radius 3 is 2.65 bits per heavy atom. The maximum absolute atomic E-state index is 12.4. The van der Waals surface area contributed by atoms with E-state index in [4.69, 9.17) is 0 Å². The minimum Gasteiger partial charge on any atom is -0.369 e. The molecule has 1 amide bonds. The number of anilines is 1. The summed E-state index contributed by atoms with van der Waals surface area (Å²) >= 11 is 0. The maximum atomic E-state index is 12.4. The van der Waals surface area contributed by atoms with Crippen LogP contribution in [0.5, 0.6) is 0 Å². The van der Waals surface area contributed by atoms with Crippen LogP contribution in [0.2, 0.25) is 0 Å². The van der Waals surface area contributed by atoms with Gasteiger partial charge in [-0.1, -0.05) is 26.2 Å². The first-order valence-corrected chi connectivity index (χ1v) is 7.57. The van der Waals surface area contributed by atoms with Crippen molar-refractivity contribution in [2.75, 3.05) is 18.9 Å². The van der Waals surface area contributed by atoms with Gasteiger partial charge < -0.3 is 10.2 Å². The van der Waals surface area contributed by atoms with Crippen LogP contribution < -0.4 is 5.32 Å². The third-order valence-electron chi connectivity index (χ3n) is 3.88. The molecule has 1 aromatic rings. The molecule has 0 aromatic carbocycles. The summed E-state index contributed by atoms with van der Waals surface area (Å²) in [5.41, 5.74) is 0.431. The number of rotatable bonds is 5. The number of nitrogens with one attached hydrogen (secondary N) is 1. The van der Waals surface area contributed by atoms with Crippen LogP contribution in [0.1, 0.15) is 55.9 Å². The Morgan fingerprint density at radius 2 is 2.05 bits per heavy atom. The van der Waals surface area contributed by atoms with Crippen LogP contribution in [-0.2, 0) is 0 Å². The summed E-state index contributed by atoms with van der Waals surface area (Å²) in [6.07, 6.45) is 6.96. The molecule has 5 heteroatoms. The number of nitrogens with zero attached hydrogens (tertiary/aromatic N) is 3. The van der Waals surface area contributed by atoms with E-state index in [-0.39, 0.29) is 5.91 Å². The molecule has 0 bridgehead atoms. The molecule has 1 N–H and O–H groups in total. The number of amides is 1. The Hall–Kier alpha value is -1.65. The van der Waals surface area contributed by atoms with Crippen molar-refractivity contribution in [3.05, 3.63) is 17.8 Å². The van der Waals surface area contributed by atoms with E-state index in [1.165, 1.54) is 19.3 Å². The largest absolute Gasteiger partial charge is 0.369 e. The molecule has 110 valence electrons. The molecule has 1 fully saturated rings. The van der Waals surface area contributed by atoms with E-state index in [0.717, 1.165) is 31.6 Å². The molecule has 5 nitrogen and oxygen atoms in total. The first-order chi connectivity index (χ1) is 9.72. The van der Waals surface area contributed by atoms with Gasteiger partial charge in [0.1, 0.15) is 5.82 Å². The number of hydrogen-bond acceptors (Lipinski definition) is 4. The smallest absolute Gasteiger partial charge is 0.274 e. The predicted molar refractivity (Wildman–Crippen MR) is 79.8 cm³/mol. The molecule has 0 radical (unpaired) electrons. The summed E-state index contributed by atoms with van der Waals surface area (Å²) in [6.45, 7) is 2.96. The topological polar surface area (TPSA) is 58.1 Å². The molecule has 1 aromatic heterocycles. The Bertz CT molecular complexity index is 426. The first kappa shape index (κ1) is 14.8. The van der Waals surface area contributed by atoms with Gasteiger partial charge in [0, 0.05) is 19.6 Å². The standard InChI is InChI=1S/C15H24N4O/c1-3-11-16-14-10-9-13(17-18-14)15(20)19(2)12-7-5-4-6-8-12/h9-10,12H,3-8,11H2,1-2H3,(H,16,18). The molecule has 0 saturated heterocycles. The van der Waals surface area contributed by atoms with Crippen LogP contribution in [0.4, 0.5) is 5.82 Å². The van der Waals surface area contributed by atoms with Crippen molar-refractivity contribution in [3.8, 4) is 0 Å². The highest BCUT2D eigenvalue weighted by Crippen LogP contribution is 2.22. The quantitative estimate of drug-likeness (QED) is 0.898. The van der Waals surface area contributed by atoms with Gasteiger partial charge in [0.2, 0.25) is 0 Å². The second-order valence-corrected chi connectivity index (χ2v) is 5.44. The highest BCUT2D eigenvalue weighted by atomic mass is 16.2. The van der Waals surface area contributed by atoms with Gasteiger partial charge in [0.05, 0.1) is 0 Å². The fraction of sp³-hybridized carbons (Fsp3) is 0.667. The second kappa shape index (κ2) is 7.22. The molecule has 1 saturated carbocycles. The molecule has 2 rings (SSSR count). The van der Waals surface area contributed by atoms with E-state index < -0.39 is 0 Å². The van der Waals surface area contributed by atoms with Gasteiger partial charge >= 0.3 is 0 Å². The zero-order valence-corrected chi connectivity index (χ0v) is 12.4. The maximum Gasteiger partial charge on any atom is 0.274 e. The van der Waals surface area contributed by atoms with Crippen LogP contribution in [-0.4, -0.2) is 40.6 Å². The summed E-state index contributed by atoms with van der Waals surface area (Å²) in [6, 6.07) is 3.94. The normalized spacial score (nSPS) is 15.9. The lowest BCUT2D eigenvalue weighted by Gasteiger charge is -2.30. The minimum atomic E-state index is -0.0218. The SMILES string of the molecule is CCCNc1ccc(C(=O)N(C)C2CCCCC2)nn1. The zero-order valence-electron chi connectivity index (χ0n) is 12.4. The number of carbonyl (C=O) groups is 1. The Balaban J connectivity index is 1.97. The van der Waals surface area contributed by atoms with E-state index in [1.807, 2.05) is 18.0 Å². The van der Waals surface area contributed by atoms with Crippen molar-refractivity contribution in [2.24, 2.45) is 0 Å². The molecular formula is C15H24N4O. The molecule has 0 unspecified atom stereocenters. The van der Waals surface area contributed by atoms with Gasteiger partial charge in [-0.25, -0.2) is 0 Å². The van der Waals surface area contributed by atoms with Crippen molar-refractivity contribution in [3.63, 3.8) is 0 Å². The number of hydrogen-bond donors (Lipinski definition) is 1. The molecular weight excluding hydrogens is 252 g/mol. The van der Waals surface area contributed by atoms with Crippen molar-refractivity contribution >= 4 is 11.7 Å². The predicted octanol–water partition coefficient (Wildman–Crippen LogP) is 2.70. The fourth-order valence-corrected chi connectivity index (χ4v) is 2.61. The van der Waals surface area contributed by atoms with Gasteiger partial charge in [-0.3, -0.25) is 4.79 Å². The van der Waals surface area contributed by atoms with Crippen LogP contribution in [0, 0.1) is 0 Å². The minimum absolute atomic E-state index is 0.0218. The second-order valence-electron chi connectivity index (χ2n) is 5.44. The summed E-state index contributed by atoms with van der Waals surface area (Å²) < 4.78 is 0. The van der Waals surface area contributed by atoms with Crippen molar-refractivity contribution < 1.29 is 4.79 Å². The van der Waals surface area contributed by atoms with Crippen LogP contribution in [0.25, 0.3) is 0 Å². The lowest BCUT2D eigenvalue weighted by atomic mass is 9.94. The van der Waals surface area contributed by atoms with Crippen molar-refractivity contribution in [1.29, 1.82) is 0 Å². The Labute approximate surface area is 120 Å². The highest BCUT2D eigenvalue weighted by Gasteiger charge is 2.23. The van der Waals surface area contributed by atoms with Crippen LogP contribution in [0.15, 0.2) is 12.1 Å². The van der Waals surface area contributed by atoms with Gasteiger partial charge in [-0.2, -0.15) is 0 Å². The average molecular weight is 276 g/mol. The van der Waals surface area contributed by atoms with E-state index in [9.17, 15) is 4.79 Å². The lowest BCUT2D eigenvalue weighted by molar-refractivity contribution is 0.0689. The van der Waals surface area contributed by atoms with E-state index in [1.54, 1.807) is 6.07 Å². The first-order valence-electron chi connectivity index (χ1n) is 7.57. The third-order valence-corrected chi connectivity index (χ3v) is 3.88. The van der Waals surface area contributed by atoms with Gasteiger partial charge in [-0.15, -0.1) is 10.2 Å². The lowest BCUT2D eigenvalue weighted by Crippen LogP contribution is -2.38. The number of aromatic nitrogens is 2. The summed E-state index contributed by atoms with van der Waals surface area (Å²) in [4.78, 5) is 14.2. The molecule has 1 heterocycles. The summed E-state index contributed by atoms with van der Waals surface area (Å²) in [7, 11) is 1.88. The van der Waals surface area contributed by atoms with Gasteiger partial charge in [0.25, 0.3) is 5.91 Å². The molecule has 0 aliphatic heterocycles. The van der Waals surface area contributed by atoms with E-state index in [0.29, 0.717) is 11.7 Å². The Morgan fingerprint density at radius 1 is 1.30 bits per heavy atom. The third kappa shape index (κ3) is 3.68. The van der Waals surface area contributed by atoms with Crippen molar-refractivity contribution in [1.82, 2.24) is 15.1 Å². The molecule has 20 heavy (non-hydrogen) atoms. The van der Waals surface area contributed by atoms with Crippen LogP contribution in [0.3, 0.4) is 0 Å². The van der Waals surface area contributed by atoms with E-state index >= 15 is 0 Å². The number of carbonyl (C=O) groups excluding carboxylic acids is 1.